The maximum Gasteiger partial charge on any atom is 0.410 e. The molecular weight excluding hydrogens is 550 g/mol. The molecule has 3 aliphatic heterocycles. The lowest BCUT2D eigenvalue weighted by Crippen LogP contribution is -2.54. The van der Waals surface area contributed by atoms with Gasteiger partial charge < -0.3 is 24.2 Å². The molecule has 0 unspecified atom stereocenters. The maximum absolute atomic E-state index is 12.4. The van der Waals surface area contributed by atoms with Gasteiger partial charge in [-0.3, -0.25) is 19.7 Å². The minimum atomic E-state index is -0.453. The number of piperidine rings is 2. The summed E-state index contributed by atoms with van der Waals surface area (Å²) in [5.74, 6) is 0.905. The van der Waals surface area contributed by atoms with E-state index < -0.39 is 5.60 Å². The molecule has 0 aliphatic carbocycles. The van der Waals surface area contributed by atoms with Gasteiger partial charge in [0.15, 0.2) is 5.75 Å². The minimum absolute atomic E-state index is 0.0357. The van der Waals surface area contributed by atoms with E-state index in [0.29, 0.717) is 12.0 Å². The molecule has 5 rings (SSSR count). The number of nitro groups is 1. The lowest BCUT2D eigenvalue weighted by molar-refractivity contribution is -0.385. The number of nitrogens with zero attached hydrogens (tertiary/aromatic N) is 7. The zero-order valence-corrected chi connectivity index (χ0v) is 26.3. The van der Waals surface area contributed by atoms with E-state index in [9.17, 15) is 14.9 Å². The van der Waals surface area contributed by atoms with Crippen LogP contribution in [0.15, 0.2) is 24.5 Å². The van der Waals surface area contributed by atoms with Crippen LogP contribution in [-0.2, 0) is 11.8 Å². The smallest absolute Gasteiger partial charge is 0.410 e. The summed E-state index contributed by atoms with van der Waals surface area (Å²) in [5, 5.41) is 16.1. The molecule has 0 N–H and O–H groups in total. The minimum Gasteiger partial charge on any atom is -0.490 e. The van der Waals surface area contributed by atoms with Crippen molar-refractivity contribution in [3.05, 3.63) is 34.6 Å². The highest BCUT2D eigenvalue weighted by molar-refractivity contribution is 5.82. The molecule has 2 aromatic rings. The number of carbonyl (C=O) groups is 1. The first kappa shape index (κ1) is 31.1. The second kappa shape index (κ2) is 13.1. The fraction of sp³-hybridized carbons (Fsp3) is 0.677. The zero-order chi connectivity index (χ0) is 30.7. The van der Waals surface area contributed by atoms with E-state index in [4.69, 9.17) is 9.47 Å². The number of amides is 1. The second-order valence-corrected chi connectivity index (χ2v) is 13.2. The van der Waals surface area contributed by atoms with Gasteiger partial charge in [0, 0.05) is 107 Å². The van der Waals surface area contributed by atoms with E-state index in [0.717, 1.165) is 101 Å². The van der Waals surface area contributed by atoms with Crippen molar-refractivity contribution in [3.63, 3.8) is 0 Å². The average Bonchev–Trinajstić information content (AvgIpc) is 3.42. The van der Waals surface area contributed by atoms with Crippen molar-refractivity contribution < 1.29 is 19.2 Å². The molecule has 12 heteroatoms. The largest absolute Gasteiger partial charge is 0.490 e. The predicted molar refractivity (Wildman–Crippen MR) is 166 cm³/mol. The first-order valence-corrected chi connectivity index (χ1v) is 15.6. The highest BCUT2D eigenvalue weighted by atomic mass is 16.6. The number of benzene rings is 1. The summed E-state index contributed by atoms with van der Waals surface area (Å²) < 4.78 is 12.7. The first-order valence-electron chi connectivity index (χ1n) is 15.6. The Morgan fingerprint density at radius 3 is 2.26 bits per heavy atom. The monoisotopic (exact) mass is 597 g/mol. The predicted octanol–water partition coefficient (Wildman–Crippen LogP) is 4.24. The van der Waals surface area contributed by atoms with E-state index in [1.54, 1.807) is 16.9 Å². The van der Waals surface area contributed by atoms with Crippen LogP contribution in [0.4, 0.5) is 16.2 Å². The number of likely N-dealkylation sites (tertiary alicyclic amines) is 1. The van der Waals surface area contributed by atoms with Crippen molar-refractivity contribution in [1.82, 2.24) is 24.5 Å². The zero-order valence-electron chi connectivity index (χ0n) is 26.3. The number of aromatic nitrogens is 2. The molecular formula is C31H47N7O5. The van der Waals surface area contributed by atoms with Crippen LogP contribution in [0.5, 0.6) is 5.75 Å². The van der Waals surface area contributed by atoms with Gasteiger partial charge in [0.25, 0.3) is 0 Å². The molecule has 1 amide bonds. The van der Waals surface area contributed by atoms with Crippen molar-refractivity contribution in [1.29, 1.82) is 0 Å². The summed E-state index contributed by atoms with van der Waals surface area (Å²) in [6.07, 6.45) is 7.63. The van der Waals surface area contributed by atoms with Crippen LogP contribution in [-0.4, -0.2) is 113 Å². The van der Waals surface area contributed by atoms with Crippen molar-refractivity contribution in [2.75, 3.05) is 70.9 Å². The summed E-state index contributed by atoms with van der Waals surface area (Å²) in [4.78, 5) is 33.2. The van der Waals surface area contributed by atoms with Crippen LogP contribution in [0, 0.1) is 16.0 Å². The van der Waals surface area contributed by atoms with Gasteiger partial charge in [-0.2, -0.15) is 5.10 Å². The Hall–Kier alpha value is -3.38. The Morgan fingerprint density at radius 1 is 1.02 bits per heavy atom. The van der Waals surface area contributed by atoms with Gasteiger partial charge >= 0.3 is 11.8 Å². The van der Waals surface area contributed by atoms with Crippen LogP contribution in [0.2, 0.25) is 0 Å². The summed E-state index contributed by atoms with van der Waals surface area (Å²) in [6, 6.07) is 3.98. The Bertz CT molecular complexity index is 1270. The summed E-state index contributed by atoms with van der Waals surface area (Å²) >= 11 is 0. The second-order valence-electron chi connectivity index (χ2n) is 13.2. The Kier molecular flexibility index (Phi) is 9.45. The number of hydrogen-bond acceptors (Lipinski definition) is 9. The molecule has 4 heterocycles. The molecule has 1 aromatic carbocycles. The van der Waals surface area contributed by atoms with Crippen LogP contribution in [0.3, 0.4) is 0 Å². The third kappa shape index (κ3) is 7.59. The molecule has 0 radical (unpaired) electrons. The molecule has 0 bridgehead atoms. The standard InChI is InChI=1S/C31H47N7O5/c1-31(2,3)43-30(39)37-10-6-23(7-11-37)21-34-14-16-35(17-15-34)25-8-12-36(13-9-25)27-19-29(42-5)28(38(40)41)18-26(27)24-20-32-33(4)22-24/h18-20,22-23,25H,6-17,21H2,1-5H3. The molecule has 43 heavy (non-hydrogen) atoms. The topological polar surface area (TPSA) is 109 Å². The number of nitro benzene ring substituents is 1. The maximum atomic E-state index is 12.4. The van der Waals surface area contributed by atoms with E-state index in [2.05, 4.69) is 19.8 Å². The lowest BCUT2D eigenvalue weighted by Gasteiger charge is -2.44. The highest BCUT2D eigenvalue weighted by Crippen LogP contribution is 2.41. The number of carbonyl (C=O) groups excluding carboxylic acids is 1. The SMILES string of the molecule is COc1cc(N2CCC(N3CCN(CC4CCN(C(=O)OC(C)(C)C)CC4)CC3)CC2)c(-c2cnn(C)c2)cc1[N+](=O)[O-]. The number of anilines is 1. The van der Waals surface area contributed by atoms with E-state index in [1.165, 1.54) is 7.11 Å². The van der Waals surface area contributed by atoms with Crippen LogP contribution in [0.25, 0.3) is 11.1 Å². The fourth-order valence-corrected chi connectivity index (χ4v) is 6.69. The quantitative estimate of drug-likeness (QED) is 0.342. The number of hydrogen-bond donors (Lipinski definition) is 0. The van der Waals surface area contributed by atoms with Gasteiger partial charge in [-0.05, 0) is 52.4 Å². The van der Waals surface area contributed by atoms with Crippen molar-refractivity contribution in [3.8, 4) is 16.9 Å². The van der Waals surface area contributed by atoms with Gasteiger partial charge in [-0.15, -0.1) is 0 Å². The molecule has 0 spiro atoms. The number of piperazine rings is 1. The van der Waals surface area contributed by atoms with Crippen LogP contribution in [0.1, 0.15) is 46.5 Å². The summed E-state index contributed by atoms with van der Waals surface area (Å²) in [6.45, 7) is 14.5. The van der Waals surface area contributed by atoms with Gasteiger partial charge in [-0.25, -0.2) is 4.79 Å². The van der Waals surface area contributed by atoms with Crippen molar-refractivity contribution in [2.24, 2.45) is 13.0 Å². The van der Waals surface area contributed by atoms with Gasteiger partial charge in [0.05, 0.1) is 18.2 Å². The number of methoxy groups -OCH3 is 1. The van der Waals surface area contributed by atoms with Crippen LogP contribution >= 0.6 is 0 Å². The van der Waals surface area contributed by atoms with Gasteiger partial charge in [0.1, 0.15) is 5.60 Å². The molecule has 236 valence electrons. The Morgan fingerprint density at radius 2 is 1.70 bits per heavy atom. The number of ether oxygens (including phenoxy) is 2. The van der Waals surface area contributed by atoms with Crippen LogP contribution < -0.4 is 9.64 Å². The molecule has 0 saturated carbocycles. The first-order chi connectivity index (χ1) is 20.5. The third-order valence-corrected chi connectivity index (χ3v) is 9.02. The third-order valence-electron chi connectivity index (χ3n) is 9.02. The van der Waals surface area contributed by atoms with Gasteiger partial charge in [0.2, 0.25) is 0 Å². The van der Waals surface area contributed by atoms with Crippen molar-refractivity contribution >= 4 is 17.5 Å². The van der Waals surface area contributed by atoms with Crippen molar-refractivity contribution in [2.45, 2.75) is 58.1 Å². The molecule has 12 nitrogen and oxygen atoms in total. The molecule has 3 fully saturated rings. The Balaban J connectivity index is 1.12. The highest BCUT2D eigenvalue weighted by Gasteiger charge is 2.32. The lowest BCUT2D eigenvalue weighted by atomic mass is 9.95. The number of rotatable bonds is 7. The van der Waals surface area contributed by atoms with Gasteiger partial charge in [-0.1, -0.05) is 0 Å². The normalized spacial score (nSPS) is 19.9. The summed E-state index contributed by atoms with van der Waals surface area (Å²) in [5.41, 5.74) is 2.13. The molecule has 1 aromatic heterocycles. The fourth-order valence-electron chi connectivity index (χ4n) is 6.69. The van der Waals surface area contributed by atoms with E-state index in [-0.39, 0.29) is 22.5 Å². The molecule has 0 atom stereocenters. The van der Waals surface area contributed by atoms with E-state index >= 15 is 0 Å². The van der Waals surface area contributed by atoms with E-state index in [1.807, 2.05) is 45.0 Å². The summed E-state index contributed by atoms with van der Waals surface area (Å²) in [7, 11) is 3.33. The average molecular weight is 598 g/mol. The Labute approximate surface area is 254 Å². The molecule has 3 aliphatic rings. The molecule has 3 saturated heterocycles. The number of aryl methyl sites for hydroxylation is 1.